The number of carbonyl (C=O) groups excluding carboxylic acids is 1. The van der Waals surface area contributed by atoms with Gasteiger partial charge in [-0.1, -0.05) is 12.1 Å². The summed E-state index contributed by atoms with van der Waals surface area (Å²) in [4.78, 5) is 12.3. The smallest absolute Gasteiger partial charge is 0.253 e. The first kappa shape index (κ1) is 13.9. The normalized spacial score (nSPS) is 22.8. The number of hydrogen-bond acceptors (Lipinski definition) is 3. The second-order valence-electron chi connectivity index (χ2n) is 4.95. The summed E-state index contributed by atoms with van der Waals surface area (Å²) in [5.41, 5.74) is 1.60. The number of hydrogen-bond donors (Lipinski definition) is 2. The summed E-state index contributed by atoms with van der Waals surface area (Å²) in [6.07, 6.45) is 2.00. The Balaban J connectivity index is 2.03. The van der Waals surface area contributed by atoms with Gasteiger partial charge >= 0.3 is 0 Å². The van der Waals surface area contributed by atoms with Crippen molar-refractivity contribution in [1.29, 1.82) is 0 Å². The fourth-order valence-corrected chi connectivity index (χ4v) is 2.42. The van der Waals surface area contributed by atoms with Crippen LogP contribution >= 0.6 is 0 Å². The molecule has 104 valence electrons. The lowest BCUT2D eigenvalue weighted by Crippen LogP contribution is -2.41. The Morgan fingerprint density at radius 1 is 1.42 bits per heavy atom. The van der Waals surface area contributed by atoms with E-state index in [-0.39, 0.29) is 18.1 Å². The van der Waals surface area contributed by atoms with Crippen LogP contribution in [0, 0.1) is 0 Å². The van der Waals surface area contributed by atoms with Gasteiger partial charge in [0.1, 0.15) is 0 Å². The van der Waals surface area contributed by atoms with E-state index >= 15 is 0 Å². The van der Waals surface area contributed by atoms with Crippen molar-refractivity contribution >= 4 is 11.6 Å². The lowest BCUT2D eigenvalue weighted by molar-refractivity contribution is 0.0137. The average molecular weight is 262 g/mol. The SMILES string of the molecule is CCNc1ccccc1C(=O)NC1CCOC(C)C1. The minimum atomic E-state index is -0.00403. The monoisotopic (exact) mass is 262 g/mol. The highest BCUT2D eigenvalue weighted by Crippen LogP contribution is 2.17. The van der Waals surface area contributed by atoms with E-state index < -0.39 is 0 Å². The number of benzene rings is 1. The van der Waals surface area contributed by atoms with E-state index in [2.05, 4.69) is 10.6 Å². The maximum absolute atomic E-state index is 12.3. The second-order valence-corrected chi connectivity index (χ2v) is 4.95. The van der Waals surface area contributed by atoms with Crippen molar-refractivity contribution in [2.75, 3.05) is 18.5 Å². The zero-order chi connectivity index (χ0) is 13.7. The molecule has 1 aromatic carbocycles. The van der Waals surface area contributed by atoms with Crippen LogP contribution in [0.3, 0.4) is 0 Å². The predicted octanol–water partition coefficient (Wildman–Crippen LogP) is 2.42. The Morgan fingerprint density at radius 3 is 2.95 bits per heavy atom. The number of nitrogens with one attached hydrogen (secondary N) is 2. The summed E-state index contributed by atoms with van der Waals surface area (Å²) in [7, 11) is 0. The zero-order valence-corrected chi connectivity index (χ0v) is 11.6. The van der Waals surface area contributed by atoms with Gasteiger partial charge in [0.05, 0.1) is 11.7 Å². The Bertz CT molecular complexity index is 434. The van der Waals surface area contributed by atoms with Gasteiger partial charge in [-0.25, -0.2) is 0 Å². The number of amides is 1. The van der Waals surface area contributed by atoms with E-state index in [0.717, 1.165) is 31.7 Å². The number of carbonyl (C=O) groups is 1. The Kier molecular flexibility index (Phi) is 4.80. The van der Waals surface area contributed by atoms with Crippen molar-refractivity contribution in [2.45, 2.75) is 38.8 Å². The van der Waals surface area contributed by atoms with E-state index in [4.69, 9.17) is 4.74 Å². The van der Waals surface area contributed by atoms with Crippen molar-refractivity contribution < 1.29 is 9.53 Å². The first-order valence-electron chi connectivity index (χ1n) is 6.96. The van der Waals surface area contributed by atoms with Crippen molar-refractivity contribution in [3.05, 3.63) is 29.8 Å². The van der Waals surface area contributed by atoms with Crippen molar-refractivity contribution in [3.8, 4) is 0 Å². The van der Waals surface area contributed by atoms with Crippen molar-refractivity contribution in [2.24, 2.45) is 0 Å². The van der Waals surface area contributed by atoms with Crippen LogP contribution < -0.4 is 10.6 Å². The van der Waals surface area contributed by atoms with E-state index in [1.54, 1.807) is 0 Å². The van der Waals surface area contributed by atoms with Gasteiger partial charge in [0.15, 0.2) is 0 Å². The van der Waals surface area contributed by atoms with Gasteiger partial charge in [0.2, 0.25) is 0 Å². The standard InChI is InChI=1S/C15H22N2O2/c1-3-16-14-7-5-4-6-13(14)15(18)17-12-8-9-19-11(2)10-12/h4-7,11-12,16H,3,8-10H2,1-2H3,(H,17,18). The van der Waals surface area contributed by atoms with E-state index in [1.165, 1.54) is 0 Å². The molecule has 1 aliphatic rings. The van der Waals surface area contributed by atoms with Crippen LogP contribution in [0.4, 0.5) is 5.69 Å². The van der Waals surface area contributed by atoms with Crippen LogP contribution in [0.1, 0.15) is 37.0 Å². The molecule has 2 atom stereocenters. The molecule has 0 aliphatic carbocycles. The van der Waals surface area contributed by atoms with Gasteiger partial charge in [0.25, 0.3) is 5.91 Å². The molecule has 4 heteroatoms. The molecule has 1 amide bonds. The molecule has 0 bridgehead atoms. The maximum Gasteiger partial charge on any atom is 0.253 e. The topological polar surface area (TPSA) is 50.4 Å². The summed E-state index contributed by atoms with van der Waals surface area (Å²) in [5.74, 6) is -0.00403. The van der Waals surface area contributed by atoms with Gasteiger partial charge in [-0.15, -0.1) is 0 Å². The summed E-state index contributed by atoms with van der Waals surface area (Å²) in [6, 6.07) is 7.83. The molecular formula is C15H22N2O2. The lowest BCUT2D eigenvalue weighted by atomic mass is 10.0. The Morgan fingerprint density at radius 2 is 2.21 bits per heavy atom. The number of rotatable bonds is 4. The molecule has 4 nitrogen and oxygen atoms in total. The van der Waals surface area contributed by atoms with E-state index in [1.807, 2.05) is 38.1 Å². The molecule has 1 aliphatic heterocycles. The molecule has 1 aromatic rings. The minimum absolute atomic E-state index is 0.00403. The number of ether oxygens (including phenoxy) is 1. The molecule has 1 heterocycles. The first-order chi connectivity index (χ1) is 9.20. The molecule has 19 heavy (non-hydrogen) atoms. The highest BCUT2D eigenvalue weighted by Gasteiger charge is 2.22. The molecule has 2 rings (SSSR count). The average Bonchev–Trinajstić information content (AvgIpc) is 2.39. The third-order valence-corrected chi connectivity index (χ3v) is 3.36. The van der Waals surface area contributed by atoms with E-state index in [9.17, 15) is 4.79 Å². The fraction of sp³-hybridized carbons (Fsp3) is 0.533. The van der Waals surface area contributed by atoms with Crippen LogP contribution in [-0.2, 0) is 4.74 Å². The first-order valence-corrected chi connectivity index (χ1v) is 6.96. The Labute approximate surface area is 114 Å². The van der Waals surface area contributed by atoms with Crippen LogP contribution in [0.25, 0.3) is 0 Å². The molecule has 0 radical (unpaired) electrons. The third kappa shape index (κ3) is 3.70. The number of anilines is 1. The quantitative estimate of drug-likeness (QED) is 0.876. The molecule has 0 aromatic heterocycles. The lowest BCUT2D eigenvalue weighted by Gasteiger charge is -2.28. The highest BCUT2D eigenvalue weighted by molar-refractivity contribution is 5.99. The van der Waals surface area contributed by atoms with Crippen LogP contribution in [-0.4, -0.2) is 31.2 Å². The molecule has 2 unspecified atom stereocenters. The summed E-state index contributed by atoms with van der Waals surface area (Å²) in [6.45, 7) is 5.60. The van der Waals surface area contributed by atoms with Crippen LogP contribution in [0.5, 0.6) is 0 Å². The predicted molar refractivity (Wildman–Crippen MR) is 76.5 cm³/mol. The fourth-order valence-electron chi connectivity index (χ4n) is 2.42. The highest BCUT2D eigenvalue weighted by atomic mass is 16.5. The second kappa shape index (κ2) is 6.57. The number of para-hydroxylation sites is 1. The summed E-state index contributed by atoms with van der Waals surface area (Å²) in [5, 5.41) is 6.32. The van der Waals surface area contributed by atoms with Gasteiger partial charge in [-0.2, -0.15) is 0 Å². The largest absolute Gasteiger partial charge is 0.385 e. The summed E-state index contributed by atoms with van der Waals surface area (Å²) < 4.78 is 5.49. The Hall–Kier alpha value is -1.55. The van der Waals surface area contributed by atoms with E-state index in [0.29, 0.717) is 5.56 Å². The maximum atomic E-state index is 12.3. The minimum Gasteiger partial charge on any atom is -0.385 e. The van der Waals surface area contributed by atoms with Gasteiger partial charge in [-0.3, -0.25) is 4.79 Å². The van der Waals surface area contributed by atoms with Crippen LogP contribution in [0.2, 0.25) is 0 Å². The van der Waals surface area contributed by atoms with Crippen molar-refractivity contribution in [3.63, 3.8) is 0 Å². The van der Waals surface area contributed by atoms with Crippen LogP contribution in [0.15, 0.2) is 24.3 Å². The van der Waals surface area contributed by atoms with Crippen molar-refractivity contribution in [1.82, 2.24) is 5.32 Å². The molecule has 0 spiro atoms. The molecule has 1 fully saturated rings. The molecule has 1 saturated heterocycles. The molecule has 2 N–H and O–H groups in total. The van der Waals surface area contributed by atoms with Gasteiger partial charge in [0, 0.05) is 24.9 Å². The summed E-state index contributed by atoms with van der Waals surface area (Å²) >= 11 is 0. The zero-order valence-electron chi connectivity index (χ0n) is 11.6. The third-order valence-electron chi connectivity index (χ3n) is 3.36. The van der Waals surface area contributed by atoms with Gasteiger partial charge in [-0.05, 0) is 38.8 Å². The molecule has 0 saturated carbocycles. The van der Waals surface area contributed by atoms with Gasteiger partial charge < -0.3 is 15.4 Å². The molecular weight excluding hydrogens is 240 g/mol.